The lowest BCUT2D eigenvalue weighted by molar-refractivity contribution is -0.139. The van der Waals surface area contributed by atoms with Gasteiger partial charge < -0.3 is 18.5 Å². The predicted octanol–water partition coefficient (Wildman–Crippen LogP) is 2.22. The smallest absolute Gasteiger partial charge is 0.342 e. The number of allylic oxidation sites excluding steroid dienone is 1. The summed E-state index contributed by atoms with van der Waals surface area (Å²) in [5.41, 5.74) is -0.728. The van der Waals surface area contributed by atoms with Crippen LogP contribution in [0.25, 0.3) is 0 Å². The number of ether oxygens (including phenoxy) is 2. The van der Waals surface area contributed by atoms with Gasteiger partial charge >= 0.3 is 19.5 Å². The van der Waals surface area contributed by atoms with Gasteiger partial charge in [-0.15, -0.1) is 0 Å². The van der Waals surface area contributed by atoms with Gasteiger partial charge in [-0.25, -0.2) is 9.59 Å². The molecule has 0 aromatic carbocycles. The molecular formula is C15H21O7P. The van der Waals surface area contributed by atoms with Crippen LogP contribution in [-0.2, 0) is 32.7 Å². The second kappa shape index (κ2) is 6.23. The zero-order chi connectivity index (χ0) is 17.4. The number of carbonyl (C=O) groups is 2. The quantitative estimate of drug-likeness (QED) is 0.573. The highest BCUT2D eigenvalue weighted by Gasteiger charge is 2.56. The zero-order valence-electron chi connectivity index (χ0n) is 13.9. The van der Waals surface area contributed by atoms with Crippen LogP contribution in [0, 0.1) is 5.41 Å². The van der Waals surface area contributed by atoms with Crippen LogP contribution in [0.15, 0.2) is 22.8 Å². The van der Waals surface area contributed by atoms with Gasteiger partial charge in [0.2, 0.25) is 0 Å². The summed E-state index contributed by atoms with van der Waals surface area (Å²) in [5.74, 6) is -1.42. The van der Waals surface area contributed by atoms with Gasteiger partial charge in [0.15, 0.2) is 0 Å². The fourth-order valence-electron chi connectivity index (χ4n) is 2.55. The van der Waals surface area contributed by atoms with Gasteiger partial charge in [0.25, 0.3) is 0 Å². The third kappa shape index (κ3) is 3.01. The Hall–Kier alpha value is -1.43. The Labute approximate surface area is 135 Å². The molecule has 8 heteroatoms. The van der Waals surface area contributed by atoms with Crippen molar-refractivity contribution in [2.24, 2.45) is 5.41 Å². The Morgan fingerprint density at radius 2 is 1.70 bits per heavy atom. The van der Waals surface area contributed by atoms with E-state index in [1.807, 2.05) is 13.8 Å². The van der Waals surface area contributed by atoms with E-state index < -0.39 is 25.2 Å². The summed E-state index contributed by atoms with van der Waals surface area (Å²) in [7, 11) is -1.21. The summed E-state index contributed by atoms with van der Waals surface area (Å²) in [6.45, 7) is 5.99. The van der Waals surface area contributed by atoms with E-state index in [9.17, 15) is 14.2 Å². The Morgan fingerprint density at radius 3 is 2.13 bits per heavy atom. The van der Waals surface area contributed by atoms with Crippen LogP contribution >= 0.6 is 7.60 Å². The normalized spacial score (nSPS) is 27.3. The molecule has 1 aliphatic heterocycles. The molecule has 0 N–H and O–H groups in total. The third-order valence-corrected chi connectivity index (χ3v) is 5.97. The fourth-order valence-corrected chi connectivity index (χ4v) is 5.15. The van der Waals surface area contributed by atoms with Crippen molar-refractivity contribution in [3.8, 4) is 0 Å². The van der Waals surface area contributed by atoms with E-state index in [0.29, 0.717) is 5.57 Å². The molecule has 0 aromatic rings. The number of hydrogen-bond donors (Lipinski definition) is 0. The van der Waals surface area contributed by atoms with Crippen LogP contribution in [0.3, 0.4) is 0 Å². The van der Waals surface area contributed by atoms with Gasteiger partial charge in [-0.3, -0.25) is 4.57 Å². The minimum absolute atomic E-state index is 0.0181. The van der Waals surface area contributed by atoms with Crippen molar-refractivity contribution in [1.82, 2.24) is 0 Å². The van der Waals surface area contributed by atoms with Crippen molar-refractivity contribution in [3.05, 3.63) is 22.8 Å². The van der Waals surface area contributed by atoms with Crippen LogP contribution in [0.1, 0.15) is 20.8 Å². The van der Waals surface area contributed by atoms with Crippen molar-refractivity contribution in [3.63, 3.8) is 0 Å². The molecular weight excluding hydrogens is 323 g/mol. The molecule has 128 valence electrons. The first-order valence-corrected chi connectivity index (χ1v) is 8.78. The van der Waals surface area contributed by atoms with Gasteiger partial charge in [0.05, 0.1) is 38.6 Å². The molecule has 2 aliphatic rings. The molecule has 0 radical (unpaired) electrons. The van der Waals surface area contributed by atoms with Crippen molar-refractivity contribution >= 4 is 19.5 Å². The van der Waals surface area contributed by atoms with Crippen LogP contribution in [0.4, 0.5) is 0 Å². The van der Waals surface area contributed by atoms with Gasteiger partial charge in [0, 0.05) is 5.41 Å². The van der Waals surface area contributed by atoms with Gasteiger partial charge in [0.1, 0.15) is 5.66 Å². The fraction of sp³-hybridized carbons (Fsp3) is 0.600. The van der Waals surface area contributed by atoms with Gasteiger partial charge in [-0.05, 0) is 12.5 Å². The molecule has 2 rings (SSSR count). The lowest BCUT2D eigenvalue weighted by atomic mass is 9.81. The SMILES string of the molecule is C/C=C1/C(C(=O)OC)=C(C(=O)OC)C1P1(=O)OCC(C)(C)CO1. The first-order valence-electron chi connectivity index (χ1n) is 7.17. The predicted molar refractivity (Wildman–Crippen MR) is 81.9 cm³/mol. The van der Waals surface area contributed by atoms with Crippen molar-refractivity contribution in [1.29, 1.82) is 0 Å². The average molecular weight is 344 g/mol. The lowest BCUT2D eigenvalue weighted by Gasteiger charge is -2.42. The Morgan fingerprint density at radius 1 is 1.17 bits per heavy atom. The molecule has 23 heavy (non-hydrogen) atoms. The largest absolute Gasteiger partial charge is 0.466 e. The van der Waals surface area contributed by atoms with E-state index in [0.717, 1.165) is 0 Å². The monoisotopic (exact) mass is 344 g/mol. The Kier molecular flexibility index (Phi) is 4.85. The second-order valence-corrected chi connectivity index (χ2v) is 8.28. The summed E-state index contributed by atoms with van der Waals surface area (Å²) in [6.07, 6.45) is 1.61. The van der Waals surface area contributed by atoms with E-state index in [1.54, 1.807) is 13.0 Å². The summed E-state index contributed by atoms with van der Waals surface area (Å²) in [5, 5.41) is 0. The molecule has 1 atom stereocenters. The maximum Gasteiger partial charge on any atom is 0.342 e. The molecule has 0 bridgehead atoms. The van der Waals surface area contributed by atoms with Gasteiger partial charge in [-0.2, -0.15) is 0 Å². The highest BCUT2D eigenvalue weighted by Crippen LogP contribution is 2.66. The van der Waals surface area contributed by atoms with Crippen molar-refractivity contribution < 1.29 is 32.7 Å². The molecule has 1 aliphatic carbocycles. The van der Waals surface area contributed by atoms with Crippen LogP contribution in [0.2, 0.25) is 0 Å². The highest BCUT2D eigenvalue weighted by atomic mass is 31.2. The van der Waals surface area contributed by atoms with Gasteiger partial charge in [-0.1, -0.05) is 19.9 Å². The van der Waals surface area contributed by atoms with E-state index in [2.05, 4.69) is 0 Å². The Balaban J connectivity index is 2.46. The zero-order valence-corrected chi connectivity index (χ0v) is 14.8. The Bertz CT molecular complexity index is 630. The average Bonchev–Trinajstić information content (AvgIpc) is 2.49. The molecule has 0 spiro atoms. The summed E-state index contributed by atoms with van der Waals surface area (Å²) < 4.78 is 33.5. The molecule has 1 saturated heterocycles. The van der Waals surface area contributed by atoms with Crippen LogP contribution in [0.5, 0.6) is 0 Å². The minimum Gasteiger partial charge on any atom is -0.466 e. The van der Waals surface area contributed by atoms with Crippen molar-refractivity contribution in [2.45, 2.75) is 26.4 Å². The van der Waals surface area contributed by atoms with E-state index in [4.69, 9.17) is 18.5 Å². The maximum absolute atomic E-state index is 13.1. The van der Waals surface area contributed by atoms with Crippen LogP contribution < -0.4 is 0 Å². The number of carbonyl (C=O) groups excluding carboxylic acids is 2. The molecule has 1 heterocycles. The number of rotatable bonds is 3. The second-order valence-electron chi connectivity index (χ2n) is 6.17. The molecule has 0 amide bonds. The molecule has 1 unspecified atom stereocenters. The first-order chi connectivity index (χ1) is 10.7. The highest BCUT2D eigenvalue weighted by molar-refractivity contribution is 7.55. The minimum atomic E-state index is -3.62. The molecule has 1 fully saturated rings. The molecule has 7 nitrogen and oxygen atoms in total. The number of methoxy groups -OCH3 is 2. The topological polar surface area (TPSA) is 88.1 Å². The first kappa shape index (κ1) is 17.9. The van der Waals surface area contributed by atoms with E-state index in [-0.39, 0.29) is 29.8 Å². The lowest BCUT2D eigenvalue weighted by Crippen LogP contribution is -2.41. The van der Waals surface area contributed by atoms with Crippen LogP contribution in [-0.4, -0.2) is 45.0 Å². The summed E-state index contributed by atoms with van der Waals surface area (Å²) >= 11 is 0. The summed E-state index contributed by atoms with van der Waals surface area (Å²) in [4.78, 5) is 24.0. The molecule has 0 aromatic heterocycles. The third-order valence-electron chi connectivity index (χ3n) is 3.82. The number of hydrogen-bond acceptors (Lipinski definition) is 7. The van der Waals surface area contributed by atoms with E-state index >= 15 is 0 Å². The number of esters is 2. The standard InChI is InChI=1S/C15H21O7P/c1-6-9-10(13(16)19-4)11(14(17)20-5)12(9)23(18)21-7-15(2,3)8-22-23/h6,12H,7-8H2,1-5H3/b9-6-. The molecule has 0 saturated carbocycles. The van der Waals surface area contributed by atoms with Crippen molar-refractivity contribution in [2.75, 3.05) is 27.4 Å². The maximum atomic E-state index is 13.1. The summed E-state index contributed by atoms with van der Waals surface area (Å²) in [6, 6.07) is 0. The van der Waals surface area contributed by atoms with E-state index in [1.165, 1.54) is 14.2 Å².